The Morgan fingerprint density at radius 2 is 2.00 bits per heavy atom. The van der Waals surface area contributed by atoms with Gasteiger partial charge in [-0.2, -0.15) is 0 Å². The highest BCUT2D eigenvalue weighted by Gasteiger charge is 2.36. The van der Waals surface area contributed by atoms with Gasteiger partial charge in [0.05, 0.1) is 23.6 Å². The van der Waals surface area contributed by atoms with Gasteiger partial charge in [-0.05, 0) is 23.6 Å². The van der Waals surface area contributed by atoms with Gasteiger partial charge in [-0.25, -0.2) is 0 Å². The highest BCUT2D eigenvalue weighted by molar-refractivity contribution is 7.12. The minimum atomic E-state index is -0.172. The van der Waals surface area contributed by atoms with E-state index in [9.17, 15) is 9.59 Å². The number of carbonyl (C=O) groups is 2. The second-order valence-corrected chi connectivity index (χ2v) is 6.02. The average molecular weight is 316 g/mol. The molecule has 2 heterocycles. The molecule has 0 unspecified atom stereocenters. The second-order valence-electron chi connectivity index (χ2n) is 5.07. The molecule has 0 radical (unpaired) electrons. The van der Waals surface area contributed by atoms with Crippen LogP contribution in [0.25, 0.3) is 0 Å². The van der Waals surface area contributed by atoms with Gasteiger partial charge in [0.2, 0.25) is 5.91 Å². The molecule has 0 atom stereocenters. The predicted molar refractivity (Wildman–Crippen MR) is 85.3 cm³/mol. The molecule has 2 aromatic rings. The summed E-state index contributed by atoms with van der Waals surface area (Å²) in [6.07, 6.45) is 0. The maximum atomic E-state index is 12.2. The molecule has 1 N–H and O–H groups in total. The van der Waals surface area contributed by atoms with Crippen LogP contribution in [0.2, 0.25) is 0 Å². The van der Waals surface area contributed by atoms with E-state index in [0.29, 0.717) is 29.4 Å². The SMILES string of the molecule is COc1ccccc1NC(=O)C1CN(C(=O)c2cccs2)C1. The zero-order chi connectivity index (χ0) is 15.5. The van der Waals surface area contributed by atoms with Crippen molar-refractivity contribution in [2.24, 2.45) is 5.92 Å². The van der Waals surface area contributed by atoms with E-state index in [0.717, 1.165) is 0 Å². The number of likely N-dealkylation sites (tertiary alicyclic amines) is 1. The molecule has 0 saturated carbocycles. The molecular weight excluding hydrogens is 300 g/mol. The van der Waals surface area contributed by atoms with Gasteiger partial charge in [-0.1, -0.05) is 18.2 Å². The van der Waals surface area contributed by atoms with Gasteiger partial charge in [-0.15, -0.1) is 11.3 Å². The maximum absolute atomic E-state index is 12.2. The van der Waals surface area contributed by atoms with Crippen LogP contribution >= 0.6 is 11.3 Å². The number of para-hydroxylation sites is 2. The third kappa shape index (κ3) is 2.82. The van der Waals surface area contributed by atoms with Crippen LogP contribution in [0.15, 0.2) is 41.8 Å². The van der Waals surface area contributed by atoms with Gasteiger partial charge in [0.15, 0.2) is 0 Å². The fourth-order valence-corrected chi connectivity index (χ4v) is 3.04. The van der Waals surface area contributed by atoms with E-state index >= 15 is 0 Å². The molecule has 0 aliphatic carbocycles. The molecular formula is C16H16N2O3S. The Hall–Kier alpha value is -2.34. The fourth-order valence-electron chi connectivity index (χ4n) is 2.35. The van der Waals surface area contributed by atoms with E-state index < -0.39 is 0 Å². The molecule has 1 aliphatic heterocycles. The van der Waals surface area contributed by atoms with Gasteiger partial charge in [0.25, 0.3) is 5.91 Å². The van der Waals surface area contributed by atoms with Crippen molar-refractivity contribution in [3.63, 3.8) is 0 Å². The number of benzene rings is 1. The zero-order valence-corrected chi connectivity index (χ0v) is 12.9. The number of hydrogen-bond donors (Lipinski definition) is 1. The third-order valence-electron chi connectivity index (χ3n) is 3.64. The second kappa shape index (κ2) is 6.19. The van der Waals surface area contributed by atoms with Gasteiger partial charge in [0.1, 0.15) is 5.75 Å². The summed E-state index contributed by atoms with van der Waals surface area (Å²) < 4.78 is 5.21. The van der Waals surface area contributed by atoms with Crippen molar-refractivity contribution >= 4 is 28.8 Å². The van der Waals surface area contributed by atoms with Crippen molar-refractivity contribution in [3.8, 4) is 5.75 Å². The van der Waals surface area contributed by atoms with E-state index in [2.05, 4.69) is 5.32 Å². The van der Waals surface area contributed by atoms with Crippen LogP contribution in [0.4, 0.5) is 5.69 Å². The summed E-state index contributed by atoms with van der Waals surface area (Å²) >= 11 is 1.42. The normalized spacial score (nSPS) is 14.3. The number of ether oxygens (including phenoxy) is 1. The highest BCUT2D eigenvalue weighted by Crippen LogP contribution is 2.26. The van der Waals surface area contributed by atoms with E-state index in [4.69, 9.17) is 4.74 Å². The first kappa shape index (κ1) is 14.6. The van der Waals surface area contributed by atoms with Crippen molar-refractivity contribution in [2.75, 3.05) is 25.5 Å². The van der Waals surface area contributed by atoms with E-state index in [1.807, 2.05) is 23.6 Å². The summed E-state index contributed by atoms with van der Waals surface area (Å²) in [7, 11) is 1.57. The lowest BCUT2D eigenvalue weighted by molar-refractivity contribution is -0.123. The number of rotatable bonds is 4. The first-order valence-electron chi connectivity index (χ1n) is 6.95. The van der Waals surface area contributed by atoms with Gasteiger partial charge < -0.3 is 15.0 Å². The number of hydrogen-bond acceptors (Lipinski definition) is 4. The van der Waals surface area contributed by atoms with Crippen LogP contribution < -0.4 is 10.1 Å². The lowest BCUT2D eigenvalue weighted by atomic mass is 9.98. The molecule has 3 rings (SSSR count). The van der Waals surface area contributed by atoms with Crippen LogP contribution in [-0.4, -0.2) is 36.9 Å². The van der Waals surface area contributed by atoms with Crippen molar-refractivity contribution in [1.29, 1.82) is 0 Å². The number of nitrogens with zero attached hydrogens (tertiary/aromatic N) is 1. The number of thiophene rings is 1. The average Bonchev–Trinajstić information content (AvgIpc) is 3.00. The maximum Gasteiger partial charge on any atom is 0.263 e. The number of amides is 2. The lowest BCUT2D eigenvalue weighted by Crippen LogP contribution is -2.54. The standard InChI is InChI=1S/C16H16N2O3S/c1-21-13-6-3-2-5-12(13)17-15(19)11-9-18(10-11)16(20)14-7-4-8-22-14/h2-8,11H,9-10H2,1H3,(H,17,19). The minimum Gasteiger partial charge on any atom is -0.495 e. The molecule has 22 heavy (non-hydrogen) atoms. The lowest BCUT2D eigenvalue weighted by Gasteiger charge is -2.37. The van der Waals surface area contributed by atoms with E-state index in [1.54, 1.807) is 30.2 Å². The molecule has 0 bridgehead atoms. The molecule has 114 valence electrons. The molecule has 1 aliphatic rings. The molecule has 5 nitrogen and oxygen atoms in total. The van der Waals surface area contributed by atoms with Gasteiger partial charge >= 0.3 is 0 Å². The first-order chi connectivity index (χ1) is 10.7. The van der Waals surface area contributed by atoms with Crippen molar-refractivity contribution in [3.05, 3.63) is 46.7 Å². The smallest absolute Gasteiger partial charge is 0.263 e. The van der Waals surface area contributed by atoms with Crippen LogP contribution in [-0.2, 0) is 4.79 Å². The topological polar surface area (TPSA) is 58.6 Å². The zero-order valence-electron chi connectivity index (χ0n) is 12.1. The summed E-state index contributed by atoms with van der Waals surface area (Å²) in [6.45, 7) is 0.912. The number of methoxy groups -OCH3 is 1. The molecule has 1 saturated heterocycles. The monoisotopic (exact) mass is 316 g/mol. The summed E-state index contributed by atoms with van der Waals surface area (Å²) in [5, 5.41) is 4.73. The Kier molecular flexibility index (Phi) is 4.11. The quantitative estimate of drug-likeness (QED) is 0.942. The third-order valence-corrected chi connectivity index (χ3v) is 4.49. The fraction of sp³-hybridized carbons (Fsp3) is 0.250. The summed E-state index contributed by atoms with van der Waals surface area (Å²) in [5.74, 6) is 0.367. The van der Waals surface area contributed by atoms with E-state index in [1.165, 1.54) is 11.3 Å². The number of carbonyl (C=O) groups excluding carboxylic acids is 2. The molecule has 2 amide bonds. The van der Waals surface area contributed by atoms with Crippen LogP contribution in [0.1, 0.15) is 9.67 Å². The summed E-state index contributed by atoms with van der Waals surface area (Å²) in [5.41, 5.74) is 0.651. The molecule has 6 heteroatoms. The molecule has 1 fully saturated rings. The highest BCUT2D eigenvalue weighted by atomic mass is 32.1. The number of anilines is 1. The van der Waals surface area contributed by atoms with Crippen molar-refractivity contribution in [1.82, 2.24) is 4.90 Å². The minimum absolute atomic E-state index is 0.00339. The predicted octanol–water partition coefficient (Wildman–Crippen LogP) is 2.47. The Balaban J connectivity index is 1.56. The van der Waals surface area contributed by atoms with Crippen LogP contribution in [0.5, 0.6) is 5.75 Å². The Labute approximate surface area is 132 Å². The Morgan fingerprint density at radius 1 is 1.23 bits per heavy atom. The molecule has 1 aromatic carbocycles. The summed E-state index contributed by atoms with van der Waals surface area (Å²) in [4.78, 5) is 26.7. The summed E-state index contributed by atoms with van der Waals surface area (Å²) in [6, 6.07) is 10.9. The molecule has 0 spiro atoms. The van der Waals surface area contributed by atoms with Gasteiger partial charge in [0, 0.05) is 13.1 Å². The van der Waals surface area contributed by atoms with E-state index in [-0.39, 0.29) is 17.7 Å². The Morgan fingerprint density at radius 3 is 2.68 bits per heavy atom. The Bertz CT molecular complexity index is 678. The van der Waals surface area contributed by atoms with Gasteiger partial charge in [-0.3, -0.25) is 9.59 Å². The number of nitrogens with one attached hydrogen (secondary N) is 1. The van der Waals surface area contributed by atoms with Crippen LogP contribution in [0, 0.1) is 5.92 Å². The largest absolute Gasteiger partial charge is 0.495 e. The molecule has 1 aromatic heterocycles. The first-order valence-corrected chi connectivity index (χ1v) is 7.83. The van der Waals surface area contributed by atoms with Crippen LogP contribution in [0.3, 0.4) is 0 Å². The van der Waals surface area contributed by atoms with Crippen molar-refractivity contribution < 1.29 is 14.3 Å². The van der Waals surface area contributed by atoms with Crippen molar-refractivity contribution in [2.45, 2.75) is 0 Å².